The molecule has 2 aromatic carbocycles. The first-order valence-corrected chi connectivity index (χ1v) is 8.72. The summed E-state index contributed by atoms with van der Waals surface area (Å²) in [5.41, 5.74) is 2.48. The summed E-state index contributed by atoms with van der Waals surface area (Å²) in [5.74, 6) is 0.400. The highest BCUT2D eigenvalue weighted by molar-refractivity contribution is 6.05. The minimum absolute atomic E-state index is 0.0444. The lowest BCUT2D eigenvalue weighted by atomic mass is 10.1. The van der Waals surface area contributed by atoms with Crippen LogP contribution in [-0.2, 0) is 11.3 Å². The second-order valence-electron chi connectivity index (χ2n) is 6.02. The van der Waals surface area contributed by atoms with Crippen LogP contribution in [0.5, 0.6) is 5.75 Å². The van der Waals surface area contributed by atoms with E-state index in [4.69, 9.17) is 9.47 Å². The number of ether oxygens (including phenoxy) is 2. The van der Waals surface area contributed by atoms with Crippen LogP contribution >= 0.6 is 0 Å². The number of anilines is 1. The topological polar surface area (TPSA) is 64.6 Å². The highest BCUT2D eigenvalue weighted by Crippen LogP contribution is 2.22. The van der Waals surface area contributed by atoms with E-state index in [1.807, 2.05) is 0 Å². The molecule has 26 heavy (non-hydrogen) atoms. The Morgan fingerprint density at radius 1 is 1.08 bits per heavy atom. The standard InChI is InChI=1S/C21H25NO4/c1-4-5-11-26-14-18-12-17(9-10-20(18)25-3)21(24)22-19-8-6-7-16(13-19)15(2)23/h6-10,12-13H,4-5,11,14H2,1-3H3,(H,22,24). The minimum Gasteiger partial charge on any atom is -0.496 e. The van der Waals surface area contributed by atoms with Crippen molar-refractivity contribution in [2.75, 3.05) is 19.0 Å². The Bertz CT molecular complexity index is 770. The van der Waals surface area contributed by atoms with Gasteiger partial charge in [0.2, 0.25) is 0 Å². The average molecular weight is 355 g/mol. The molecule has 0 aliphatic rings. The fraction of sp³-hybridized carbons (Fsp3) is 0.333. The van der Waals surface area contributed by atoms with Gasteiger partial charge in [-0.1, -0.05) is 25.5 Å². The Hall–Kier alpha value is -2.66. The molecular formula is C21H25NO4. The van der Waals surface area contributed by atoms with Crippen LogP contribution in [0.4, 0.5) is 5.69 Å². The molecule has 0 saturated carbocycles. The molecular weight excluding hydrogens is 330 g/mol. The second kappa shape index (κ2) is 9.73. The number of methoxy groups -OCH3 is 1. The number of benzene rings is 2. The number of nitrogens with one attached hydrogen (secondary N) is 1. The summed E-state index contributed by atoms with van der Waals surface area (Å²) in [6.07, 6.45) is 2.06. The number of rotatable bonds is 9. The van der Waals surface area contributed by atoms with Crippen LogP contribution in [0.3, 0.4) is 0 Å². The molecule has 0 aliphatic carbocycles. The predicted molar refractivity (Wildman–Crippen MR) is 102 cm³/mol. The van der Waals surface area contributed by atoms with Crippen LogP contribution in [0.2, 0.25) is 0 Å². The maximum absolute atomic E-state index is 12.5. The molecule has 138 valence electrons. The van der Waals surface area contributed by atoms with Crippen molar-refractivity contribution in [1.82, 2.24) is 0 Å². The molecule has 0 spiro atoms. The van der Waals surface area contributed by atoms with Gasteiger partial charge in [-0.3, -0.25) is 9.59 Å². The smallest absolute Gasteiger partial charge is 0.255 e. The van der Waals surface area contributed by atoms with Crippen LogP contribution in [0, 0.1) is 0 Å². The van der Waals surface area contributed by atoms with E-state index in [-0.39, 0.29) is 11.7 Å². The van der Waals surface area contributed by atoms with Crippen molar-refractivity contribution in [3.8, 4) is 5.75 Å². The highest BCUT2D eigenvalue weighted by Gasteiger charge is 2.11. The molecule has 0 saturated heterocycles. The molecule has 2 aromatic rings. The molecule has 5 heteroatoms. The average Bonchev–Trinajstić information content (AvgIpc) is 2.65. The number of unbranched alkanes of at least 4 members (excludes halogenated alkanes) is 1. The Morgan fingerprint density at radius 3 is 2.58 bits per heavy atom. The maximum Gasteiger partial charge on any atom is 0.255 e. The molecule has 0 aromatic heterocycles. The number of ketones is 1. The quantitative estimate of drug-likeness (QED) is 0.532. The van der Waals surface area contributed by atoms with Crippen LogP contribution in [0.25, 0.3) is 0 Å². The zero-order valence-electron chi connectivity index (χ0n) is 15.5. The molecule has 0 bridgehead atoms. The Morgan fingerprint density at radius 2 is 1.88 bits per heavy atom. The molecule has 0 fully saturated rings. The lowest BCUT2D eigenvalue weighted by molar-refractivity contribution is 0.101. The van der Waals surface area contributed by atoms with Crippen molar-refractivity contribution in [2.45, 2.75) is 33.3 Å². The predicted octanol–water partition coefficient (Wildman–Crippen LogP) is 4.47. The monoisotopic (exact) mass is 355 g/mol. The summed E-state index contributed by atoms with van der Waals surface area (Å²) in [4.78, 5) is 24.0. The largest absolute Gasteiger partial charge is 0.496 e. The van der Waals surface area contributed by atoms with E-state index in [9.17, 15) is 9.59 Å². The van der Waals surface area contributed by atoms with Gasteiger partial charge in [-0.15, -0.1) is 0 Å². The van der Waals surface area contributed by atoms with Crippen LogP contribution in [0.1, 0.15) is 53.0 Å². The second-order valence-corrected chi connectivity index (χ2v) is 6.02. The third-order valence-electron chi connectivity index (χ3n) is 3.97. The first kappa shape index (κ1) is 19.7. The first-order chi connectivity index (χ1) is 12.5. The fourth-order valence-corrected chi connectivity index (χ4v) is 2.48. The first-order valence-electron chi connectivity index (χ1n) is 8.72. The molecule has 1 amide bonds. The van der Waals surface area contributed by atoms with Gasteiger partial charge in [0.1, 0.15) is 5.75 Å². The van der Waals surface area contributed by atoms with Crippen molar-refractivity contribution in [3.63, 3.8) is 0 Å². The van der Waals surface area contributed by atoms with Crippen molar-refractivity contribution in [3.05, 3.63) is 59.2 Å². The third kappa shape index (κ3) is 5.43. The van der Waals surface area contributed by atoms with E-state index in [0.29, 0.717) is 35.8 Å². The van der Waals surface area contributed by atoms with E-state index in [1.165, 1.54) is 6.92 Å². The number of hydrogen-bond acceptors (Lipinski definition) is 4. The summed E-state index contributed by atoms with van der Waals surface area (Å²) in [6.45, 7) is 4.67. The zero-order chi connectivity index (χ0) is 18.9. The number of amides is 1. The third-order valence-corrected chi connectivity index (χ3v) is 3.97. The summed E-state index contributed by atoms with van der Waals surface area (Å²) in [7, 11) is 1.60. The number of Topliss-reactive ketones (excluding diaryl/α,β-unsaturated/α-hetero) is 1. The van der Waals surface area contributed by atoms with E-state index in [0.717, 1.165) is 18.4 Å². The summed E-state index contributed by atoms with van der Waals surface area (Å²) in [6, 6.07) is 12.1. The molecule has 0 atom stereocenters. The van der Waals surface area contributed by atoms with Gasteiger partial charge in [0, 0.05) is 29.0 Å². The normalized spacial score (nSPS) is 10.4. The Labute approximate surface area is 154 Å². The van der Waals surface area contributed by atoms with Crippen LogP contribution in [-0.4, -0.2) is 25.4 Å². The van der Waals surface area contributed by atoms with Gasteiger partial charge < -0.3 is 14.8 Å². The summed E-state index contributed by atoms with van der Waals surface area (Å²) in [5, 5.41) is 2.82. The van der Waals surface area contributed by atoms with Crippen molar-refractivity contribution >= 4 is 17.4 Å². The Kier molecular flexibility index (Phi) is 7.36. The van der Waals surface area contributed by atoms with Gasteiger partial charge in [-0.25, -0.2) is 0 Å². The molecule has 0 radical (unpaired) electrons. The van der Waals surface area contributed by atoms with Crippen molar-refractivity contribution < 1.29 is 19.1 Å². The maximum atomic E-state index is 12.5. The van der Waals surface area contributed by atoms with Gasteiger partial charge in [0.25, 0.3) is 5.91 Å². The molecule has 0 aliphatic heterocycles. The minimum atomic E-state index is -0.247. The lowest BCUT2D eigenvalue weighted by Gasteiger charge is -2.12. The van der Waals surface area contributed by atoms with E-state index < -0.39 is 0 Å². The Balaban J connectivity index is 2.12. The van der Waals surface area contributed by atoms with Gasteiger partial charge in [-0.05, 0) is 43.7 Å². The summed E-state index contributed by atoms with van der Waals surface area (Å²) < 4.78 is 11.0. The SMILES string of the molecule is CCCCOCc1cc(C(=O)Nc2cccc(C(C)=O)c2)ccc1OC. The lowest BCUT2D eigenvalue weighted by Crippen LogP contribution is -2.13. The zero-order valence-corrected chi connectivity index (χ0v) is 15.5. The molecule has 0 heterocycles. The number of carbonyl (C=O) groups is 2. The molecule has 2 rings (SSSR count). The summed E-state index contributed by atoms with van der Waals surface area (Å²) >= 11 is 0. The molecule has 5 nitrogen and oxygen atoms in total. The highest BCUT2D eigenvalue weighted by atomic mass is 16.5. The van der Waals surface area contributed by atoms with Gasteiger partial charge >= 0.3 is 0 Å². The van der Waals surface area contributed by atoms with Gasteiger partial charge in [0.05, 0.1) is 13.7 Å². The van der Waals surface area contributed by atoms with Gasteiger partial charge in [0.15, 0.2) is 5.78 Å². The van der Waals surface area contributed by atoms with E-state index in [2.05, 4.69) is 12.2 Å². The van der Waals surface area contributed by atoms with Crippen LogP contribution in [0.15, 0.2) is 42.5 Å². The van der Waals surface area contributed by atoms with Crippen molar-refractivity contribution in [1.29, 1.82) is 0 Å². The van der Waals surface area contributed by atoms with E-state index >= 15 is 0 Å². The van der Waals surface area contributed by atoms with Crippen LogP contribution < -0.4 is 10.1 Å². The number of hydrogen-bond donors (Lipinski definition) is 1. The fourth-order valence-electron chi connectivity index (χ4n) is 2.48. The van der Waals surface area contributed by atoms with Crippen molar-refractivity contribution in [2.24, 2.45) is 0 Å². The van der Waals surface area contributed by atoms with E-state index in [1.54, 1.807) is 49.6 Å². The molecule has 1 N–H and O–H groups in total. The molecule has 0 unspecified atom stereocenters. The number of carbonyl (C=O) groups excluding carboxylic acids is 2. The van der Waals surface area contributed by atoms with Gasteiger partial charge in [-0.2, -0.15) is 0 Å².